The maximum atomic E-state index is 4.27. The van der Waals surface area contributed by atoms with Crippen LogP contribution in [0.25, 0.3) is 0 Å². The van der Waals surface area contributed by atoms with Gasteiger partial charge in [0.15, 0.2) is 0 Å². The van der Waals surface area contributed by atoms with Crippen molar-refractivity contribution in [1.82, 2.24) is 9.55 Å². The summed E-state index contributed by atoms with van der Waals surface area (Å²) in [4.78, 5) is 4.27. The Labute approximate surface area is 96.1 Å². The number of rotatable bonds is 3. The molecule has 0 aliphatic rings. The largest absolute Gasteiger partial charge is 0.378 e. The molecular weight excluding hydrogens is 198 g/mol. The van der Waals surface area contributed by atoms with Crippen LogP contribution < -0.4 is 5.32 Å². The summed E-state index contributed by atoms with van der Waals surface area (Å²) in [5, 5.41) is 3.37. The number of imidazole rings is 1. The number of aromatic nitrogens is 2. The van der Waals surface area contributed by atoms with Crippen LogP contribution in [0.3, 0.4) is 0 Å². The second-order valence-corrected chi connectivity index (χ2v) is 4.11. The number of benzene rings is 1. The molecule has 0 bridgehead atoms. The van der Waals surface area contributed by atoms with Gasteiger partial charge in [0.1, 0.15) is 5.82 Å². The van der Waals surface area contributed by atoms with Crippen LogP contribution in [-0.2, 0) is 13.6 Å². The Morgan fingerprint density at radius 3 is 2.69 bits per heavy atom. The highest BCUT2D eigenvalue weighted by Gasteiger charge is 1.99. The number of anilines is 1. The number of hydrogen-bond acceptors (Lipinski definition) is 2. The number of nitrogens with zero attached hydrogens (tertiary/aromatic N) is 2. The Morgan fingerprint density at radius 2 is 2.06 bits per heavy atom. The minimum absolute atomic E-state index is 0.756. The molecule has 1 heterocycles. The van der Waals surface area contributed by atoms with Gasteiger partial charge >= 0.3 is 0 Å². The van der Waals surface area contributed by atoms with E-state index in [1.54, 1.807) is 0 Å². The van der Waals surface area contributed by atoms with E-state index in [-0.39, 0.29) is 0 Å². The van der Waals surface area contributed by atoms with Gasteiger partial charge in [-0.25, -0.2) is 4.98 Å². The van der Waals surface area contributed by atoms with E-state index in [1.165, 1.54) is 11.1 Å². The Kier molecular flexibility index (Phi) is 2.95. The first kappa shape index (κ1) is 10.7. The predicted octanol–water partition coefficient (Wildman–Crippen LogP) is 2.65. The monoisotopic (exact) mass is 215 g/mol. The van der Waals surface area contributed by atoms with Crippen molar-refractivity contribution in [2.24, 2.45) is 7.05 Å². The van der Waals surface area contributed by atoms with Gasteiger partial charge in [0, 0.05) is 25.1 Å². The molecule has 0 amide bonds. The van der Waals surface area contributed by atoms with Crippen LogP contribution in [0.5, 0.6) is 0 Å². The summed E-state index contributed by atoms with van der Waals surface area (Å²) >= 11 is 0. The lowest BCUT2D eigenvalue weighted by Gasteiger charge is -2.08. The smallest absolute Gasteiger partial charge is 0.127 e. The highest BCUT2D eigenvalue weighted by Crippen LogP contribution is 2.14. The molecule has 0 saturated heterocycles. The normalized spacial score (nSPS) is 10.4. The van der Waals surface area contributed by atoms with E-state index < -0.39 is 0 Å². The Hall–Kier alpha value is -1.77. The fourth-order valence-electron chi connectivity index (χ4n) is 1.60. The van der Waals surface area contributed by atoms with Gasteiger partial charge in [0.05, 0.1) is 6.54 Å². The summed E-state index contributed by atoms with van der Waals surface area (Å²) in [6.45, 7) is 5.01. The molecule has 1 aromatic heterocycles. The van der Waals surface area contributed by atoms with Crippen molar-refractivity contribution in [3.05, 3.63) is 47.5 Å². The van der Waals surface area contributed by atoms with Crippen molar-refractivity contribution < 1.29 is 0 Å². The van der Waals surface area contributed by atoms with Gasteiger partial charge in [0.25, 0.3) is 0 Å². The lowest BCUT2D eigenvalue weighted by molar-refractivity contribution is 0.813. The molecule has 84 valence electrons. The van der Waals surface area contributed by atoms with Crippen LogP contribution in [0.2, 0.25) is 0 Å². The van der Waals surface area contributed by atoms with Crippen LogP contribution in [0.4, 0.5) is 5.69 Å². The molecule has 2 rings (SSSR count). The van der Waals surface area contributed by atoms with Crippen LogP contribution in [-0.4, -0.2) is 9.55 Å². The van der Waals surface area contributed by atoms with Crippen molar-refractivity contribution >= 4 is 5.69 Å². The SMILES string of the molecule is Cc1ccc(NCc2nccn2C)cc1C. The first-order valence-corrected chi connectivity index (χ1v) is 5.44. The van der Waals surface area contributed by atoms with E-state index in [9.17, 15) is 0 Å². The molecule has 0 fully saturated rings. The molecular formula is C13H17N3. The molecule has 0 aliphatic heterocycles. The van der Waals surface area contributed by atoms with E-state index >= 15 is 0 Å². The molecule has 0 aliphatic carbocycles. The molecule has 16 heavy (non-hydrogen) atoms. The zero-order valence-electron chi connectivity index (χ0n) is 9.99. The Morgan fingerprint density at radius 1 is 1.25 bits per heavy atom. The minimum Gasteiger partial charge on any atom is -0.378 e. The molecule has 3 heteroatoms. The number of aryl methyl sites for hydroxylation is 3. The van der Waals surface area contributed by atoms with E-state index in [1.807, 2.05) is 24.0 Å². The van der Waals surface area contributed by atoms with Gasteiger partial charge < -0.3 is 9.88 Å². The van der Waals surface area contributed by atoms with Gasteiger partial charge in [0.2, 0.25) is 0 Å². The third kappa shape index (κ3) is 2.24. The first-order chi connectivity index (χ1) is 7.66. The topological polar surface area (TPSA) is 29.9 Å². The molecule has 2 aromatic rings. The highest BCUT2D eigenvalue weighted by molar-refractivity contribution is 5.48. The minimum atomic E-state index is 0.756. The van der Waals surface area contributed by atoms with Crippen LogP contribution in [0, 0.1) is 13.8 Å². The van der Waals surface area contributed by atoms with Gasteiger partial charge in [-0.15, -0.1) is 0 Å². The maximum Gasteiger partial charge on any atom is 0.127 e. The fourth-order valence-corrected chi connectivity index (χ4v) is 1.60. The van der Waals surface area contributed by atoms with E-state index in [0.717, 1.165) is 18.1 Å². The van der Waals surface area contributed by atoms with E-state index in [0.29, 0.717) is 0 Å². The van der Waals surface area contributed by atoms with Crippen LogP contribution in [0.1, 0.15) is 17.0 Å². The number of hydrogen-bond donors (Lipinski definition) is 1. The zero-order valence-corrected chi connectivity index (χ0v) is 9.99. The molecule has 0 unspecified atom stereocenters. The fraction of sp³-hybridized carbons (Fsp3) is 0.308. The summed E-state index contributed by atoms with van der Waals surface area (Å²) < 4.78 is 2.02. The standard InChI is InChI=1S/C13H17N3/c1-10-4-5-12(8-11(10)2)15-9-13-14-6-7-16(13)3/h4-8,15H,9H2,1-3H3. The maximum absolute atomic E-state index is 4.27. The predicted molar refractivity (Wildman–Crippen MR) is 66.5 cm³/mol. The van der Waals surface area contributed by atoms with Crippen molar-refractivity contribution in [3.8, 4) is 0 Å². The average molecular weight is 215 g/mol. The second-order valence-electron chi connectivity index (χ2n) is 4.11. The summed E-state index contributed by atoms with van der Waals surface area (Å²) in [6, 6.07) is 6.40. The highest BCUT2D eigenvalue weighted by atomic mass is 15.1. The van der Waals surface area contributed by atoms with E-state index in [4.69, 9.17) is 0 Å². The third-order valence-corrected chi connectivity index (χ3v) is 2.88. The molecule has 0 radical (unpaired) electrons. The Bertz CT molecular complexity index is 486. The van der Waals surface area contributed by atoms with Crippen molar-refractivity contribution in [1.29, 1.82) is 0 Å². The molecule has 0 spiro atoms. The Balaban J connectivity index is 2.05. The van der Waals surface area contributed by atoms with Gasteiger partial charge in [-0.1, -0.05) is 6.07 Å². The van der Waals surface area contributed by atoms with Crippen molar-refractivity contribution in [2.75, 3.05) is 5.32 Å². The van der Waals surface area contributed by atoms with Gasteiger partial charge in [-0.3, -0.25) is 0 Å². The molecule has 3 nitrogen and oxygen atoms in total. The van der Waals surface area contributed by atoms with E-state index in [2.05, 4.69) is 42.3 Å². The van der Waals surface area contributed by atoms with Gasteiger partial charge in [-0.2, -0.15) is 0 Å². The second kappa shape index (κ2) is 4.39. The quantitative estimate of drug-likeness (QED) is 0.853. The zero-order chi connectivity index (χ0) is 11.5. The lowest BCUT2D eigenvalue weighted by atomic mass is 10.1. The summed E-state index contributed by atoms with van der Waals surface area (Å²) in [6.07, 6.45) is 3.77. The first-order valence-electron chi connectivity index (χ1n) is 5.44. The van der Waals surface area contributed by atoms with Crippen LogP contribution in [0.15, 0.2) is 30.6 Å². The molecule has 0 atom stereocenters. The van der Waals surface area contributed by atoms with Gasteiger partial charge in [-0.05, 0) is 37.1 Å². The lowest BCUT2D eigenvalue weighted by Crippen LogP contribution is -2.05. The summed E-state index contributed by atoms with van der Waals surface area (Å²) in [5.74, 6) is 1.04. The van der Waals surface area contributed by atoms with Crippen LogP contribution >= 0.6 is 0 Å². The average Bonchev–Trinajstić information content (AvgIpc) is 2.66. The molecule has 1 aromatic carbocycles. The van der Waals surface area contributed by atoms with Crippen molar-refractivity contribution in [2.45, 2.75) is 20.4 Å². The summed E-state index contributed by atoms with van der Waals surface area (Å²) in [5.41, 5.74) is 3.78. The summed E-state index contributed by atoms with van der Waals surface area (Å²) in [7, 11) is 2.00. The third-order valence-electron chi connectivity index (χ3n) is 2.88. The molecule has 1 N–H and O–H groups in total. The van der Waals surface area contributed by atoms with Crippen molar-refractivity contribution in [3.63, 3.8) is 0 Å². The number of nitrogens with one attached hydrogen (secondary N) is 1. The molecule has 0 saturated carbocycles.